The maximum absolute atomic E-state index is 12.7. The van der Waals surface area contributed by atoms with Crippen LogP contribution in [0.3, 0.4) is 0 Å². The number of Topliss-reactive ketones (excluding diaryl/α,β-unsaturated/α-hetero) is 1. The van der Waals surface area contributed by atoms with Crippen molar-refractivity contribution < 1.29 is 22.7 Å². The van der Waals surface area contributed by atoms with Gasteiger partial charge in [-0.25, -0.2) is 0 Å². The number of ketones is 1. The molecule has 23 heavy (non-hydrogen) atoms. The van der Waals surface area contributed by atoms with E-state index in [1.807, 2.05) is 0 Å². The number of hydrogen-bond donors (Lipinski definition) is 1. The smallest absolute Gasteiger partial charge is 0.416 e. The van der Waals surface area contributed by atoms with Gasteiger partial charge in [0.1, 0.15) is 11.5 Å². The molecule has 3 rings (SSSR count). The van der Waals surface area contributed by atoms with Crippen LogP contribution in [0.25, 0.3) is 0 Å². The molecule has 0 unspecified atom stereocenters. The van der Waals surface area contributed by atoms with Crippen LogP contribution in [0.5, 0.6) is 11.5 Å². The number of alkyl halides is 3. The number of rotatable bonds is 2. The molecule has 0 bridgehead atoms. The topological polar surface area (TPSA) is 52.3 Å². The van der Waals surface area contributed by atoms with Gasteiger partial charge >= 0.3 is 6.18 Å². The summed E-state index contributed by atoms with van der Waals surface area (Å²) >= 11 is 0. The van der Waals surface area contributed by atoms with Crippen LogP contribution in [0.4, 0.5) is 13.2 Å². The van der Waals surface area contributed by atoms with Crippen LogP contribution >= 0.6 is 0 Å². The van der Waals surface area contributed by atoms with Crippen molar-refractivity contribution in [2.75, 3.05) is 0 Å². The summed E-state index contributed by atoms with van der Waals surface area (Å²) in [5.41, 5.74) is 6.76. The van der Waals surface area contributed by atoms with E-state index in [0.717, 1.165) is 23.3 Å². The summed E-state index contributed by atoms with van der Waals surface area (Å²) in [4.78, 5) is 11.6. The average Bonchev–Trinajstić information content (AvgIpc) is 2.48. The Hall–Kier alpha value is -2.34. The number of halogens is 3. The van der Waals surface area contributed by atoms with Crippen LogP contribution in [0.15, 0.2) is 42.5 Å². The molecule has 2 aromatic carbocycles. The van der Waals surface area contributed by atoms with E-state index in [4.69, 9.17) is 10.5 Å². The van der Waals surface area contributed by atoms with Gasteiger partial charge in [0.25, 0.3) is 0 Å². The fraction of sp³-hybridized carbons (Fsp3) is 0.235. The summed E-state index contributed by atoms with van der Waals surface area (Å²) < 4.78 is 43.6. The number of benzene rings is 2. The van der Waals surface area contributed by atoms with Crippen molar-refractivity contribution in [1.82, 2.24) is 0 Å². The van der Waals surface area contributed by atoms with Gasteiger partial charge in [0.2, 0.25) is 0 Å². The Kier molecular flexibility index (Phi) is 3.85. The molecule has 3 nitrogen and oxygen atoms in total. The van der Waals surface area contributed by atoms with Gasteiger partial charge in [0.05, 0.1) is 11.6 Å². The van der Waals surface area contributed by atoms with E-state index in [1.165, 1.54) is 12.1 Å². The molecule has 0 amide bonds. The Morgan fingerprint density at radius 1 is 1.04 bits per heavy atom. The van der Waals surface area contributed by atoms with Gasteiger partial charge in [-0.2, -0.15) is 13.2 Å². The largest absolute Gasteiger partial charge is 0.457 e. The molecule has 0 spiro atoms. The first-order valence-corrected chi connectivity index (χ1v) is 7.08. The summed E-state index contributed by atoms with van der Waals surface area (Å²) in [7, 11) is 0. The van der Waals surface area contributed by atoms with Crippen molar-refractivity contribution in [3.8, 4) is 11.5 Å². The minimum absolute atomic E-state index is 0.0101. The number of carbonyl (C=O) groups is 1. The second kappa shape index (κ2) is 5.70. The third kappa shape index (κ3) is 3.37. The first-order chi connectivity index (χ1) is 10.8. The van der Waals surface area contributed by atoms with Gasteiger partial charge in [0.15, 0.2) is 5.78 Å². The lowest BCUT2D eigenvalue weighted by Gasteiger charge is -2.21. The normalized spacial score (nSPS) is 17.7. The van der Waals surface area contributed by atoms with Crippen LogP contribution < -0.4 is 10.5 Å². The van der Waals surface area contributed by atoms with Gasteiger partial charge in [-0.3, -0.25) is 4.79 Å². The standard InChI is InChI=1S/C17H14F3NO2/c18-17(19,20)12-2-1-3-13(9-12)23-14-5-4-10-8-16(22)15(21)7-11(10)6-14/h1-6,9,15H,7-8,21H2/t15-/m0/s1. The Balaban J connectivity index is 1.84. The molecule has 2 aromatic rings. The van der Waals surface area contributed by atoms with E-state index in [0.29, 0.717) is 12.2 Å². The molecule has 0 radical (unpaired) electrons. The highest BCUT2D eigenvalue weighted by atomic mass is 19.4. The highest BCUT2D eigenvalue weighted by molar-refractivity contribution is 5.88. The summed E-state index contributed by atoms with van der Waals surface area (Å²) in [6, 6.07) is 9.28. The molecule has 2 N–H and O–H groups in total. The van der Waals surface area contributed by atoms with E-state index in [2.05, 4.69) is 0 Å². The molecule has 0 saturated carbocycles. The number of nitrogens with two attached hydrogens (primary N) is 1. The van der Waals surface area contributed by atoms with Gasteiger partial charge in [-0.1, -0.05) is 12.1 Å². The van der Waals surface area contributed by atoms with Gasteiger partial charge in [0, 0.05) is 6.42 Å². The highest BCUT2D eigenvalue weighted by Gasteiger charge is 2.30. The Morgan fingerprint density at radius 2 is 1.78 bits per heavy atom. The van der Waals surface area contributed by atoms with Crippen LogP contribution in [-0.2, 0) is 23.8 Å². The number of ether oxygens (including phenoxy) is 1. The second-order valence-electron chi connectivity index (χ2n) is 5.51. The summed E-state index contributed by atoms with van der Waals surface area (Å²) in [5, 5.41) is 0. The molecular formula is C17H14F3NO2. The minimum Gasteiger partial charge on any atom is -0.457 e. The van der Waals surface area contributed by atoms with Crippen molar-refractivity contribution in [1.29, 1.82) is 0 Å². The Bertz CT molecular complexity index is 756. The molecule has 1 aliphatic rings. The molecule has 6 heteroatoms. The van der Waals surface area contributed by atoms with Crippen LogP contribution in [-0.4, -0.2) is 11.8 Å². The van der Waals surface area contributed by atoms with Crippen molar-refractivity contribution in [2.24, 2.45) is 5.73 Å². The van der Waals surface area contributed by atoms with E-state index in [9.17, 15) is 18.0 Å². The summed E-state index contributed by atoms with van der Waals surface area (Å²) in [6.45, 7) is 0. The molecule has 0 aliphatic heterocycles. The monoisotopic (exact) mass is 321 g/mol. The van der Waals surface area contributed by atoms with Crippen LogP contribution in [0.2, 0.25) is 0 Å². The first-order valence-electron chi connectivity index (χ1n) is 7.08. The van der Waals surface area contributed by atoms with Gasteiger partial charge in [-0.15, -0.1) is 0 Å². The molecular weight excluding hydrogens is 307 g/mol. The number of fused-ring (bicyclic) bond motifs is 1. The zero-order chi connectivity index (χ0) is 16.6. The third-order valence-electron chi connectivity index (χ3n) is 3.79. The van der Waals surface area contributed by atoms with Crippen molar-refractivity contribution >= 4 is 5.78 Å². The summed E-state index contributed by atoms with van der Waals surface area (Å²) in [6.07, 6.45) is -3.73. The van der Waals surface area contributed by atoms with Crippen molar-refractivity contribution in [3.05, 3.63) is 59.2 Å². The van der Waals surface area contributed by atoms with E-state index in [-0.39, 0.29) is 18.0 Å². The zero-order valence-electron chi connectivity index (χ0n) is 12.1. The van der Waals surface area contributed by atoms with E-state index >= 15 is 0 Å². The molecule has 1 atom stereocenters. The van der Waals surface area contributed by atoms with Gasteiger partial charge in [-0.05, 0) is 47.9 Å². The summed E-state index contributed by atoms with van der Waals surface area (Å²) in [5.74, 6) is 0.518. The molecule has 0 saturated heterocycles. The number of hydrogen-bond acceptors (Lipinski definition) is 3. The predicted octanol–water partition coefficient (Wildman–Crippen LogP) is 3.49. The maximum atomic E-state index is 12.7. The predicted molar refractivity (Wildman–Crippen MR) is 78.4 cm³/mol. The maximum Gasteiger partial charge on any atom is 0.416 e. The quantitative estimate of drug-likeness (QED) is 0.921. The average molecular weight is 321 g/mol. The molecule has 1 aliphatic carbocycles. The molecule has 120 valence electrons. The number of carbonyl (C=O) groups excluding carboxylic acids is 1. The highest BCUT2D eigenvalue weighted by Crippen LogP contribution is 2.33. The fourth-order valence-electron chi connectivity index (χ4n) is 2.57. The van der Waals surface area contributed by atoms with E-state index in [1.54, 1.807) is 18.2 Å². The molecule has 0 heterocycles. The lowest BCUT2D eigenvalue weighted by atomic mass is 9.88. The lowest BCUT2D eigenvalue weighted by Crippen LogP contribution is -2.37. The van der Waals surface area contributed by atoms with Crippen LogP contribution in [0.1, 0.15) is 16.7 Å². The first kappa shape index (κ1) is 15.6. The van der Waals surface area contributed by atoms with Gasteiger partial charge < -0.3 is 10.5 Å². The minimum atomic E-state index is -4.41. The van der Waals surface area contributed by atoms with E-state index < -0.39 is 17.8 Å². The second-order valence-corrected chi connectivity index (χ2v) is 5.51. The van der Waals surface area contributed by atoms with Crippen LogP contribution in [0, 0.1) is 0 Å². The SMILES string of the molecule is N[C@H]1Cc2cc(Oc3cccc(C(F)(F)F)c3)ccc2CC1=O. The zero-order valence-corrected chi connectivity index (χ0v) is 12.1. The molecule has 0 aromatic heterocycles. The van der Waals surface area contributed by atoms with Crippen molar-refractivity contribution in [3.63, 3.8) is 0 Å². The Labute approximate surface area is 130 Å². The Morgan fingerprint density at radius 3 is 2.52 bits per heavy atom. The van der Waals surface area contributed by atoms with Crippen molar-refractivity contribution in [2.45, 2.75) is 25.1 Å². The fourth-order valence-corrected chi connectivity index (χ4v) is 2.57. The molecule has 0 fully saturated rings. The lowest BCUT2D eigenvalue weighted by molar-refractivity contribution is -0.137. The third-order valence-corrected chi connectivity index (χ3v) is 3.79.